The fourth-order valence-electron chi connectivity index (χ4n) is 4.72. The molecule has 166 valence electrons. The lowest BCUT2D eigenvalue weighted by atomic mass is 9.92. The van der Waals surface area contributed by atoms with Gasteiger partial charge in [0.05, 0.1) is 16.1 Å². The molecule has 0 aliphatic carbocycles. The maximum absolute atomic E-state index is 9.24. The van der Waals surface area contributed by atoms with Crippen LogP contribution in [0, 0.1) is 10.8 Å². The molecule has 0 saturated heterocycles. The summed E-state index contributed by atoms with van der Waals surface area (Å²) in [4.78, 5) is 0. The molecule has 0 bridgehead atoms. The predicted molar refractivity (Wildman–Crippen MR) is 145 cm³/mol. The molecule has 2 nitrogen and oxygen atoms in total. The van der Waals surface area contributed by atoms with Gasteiger partial charge in [0, 0.05) is 22.5 Å². The summed E-state index contributed by atoms with van der Waals surface area (Å²) in [5.41, 5.74) is 6.04. The minimum absolute atomic E-state index is 0.0727. The zero-order valence-electron chi connectivity index (χ0n) is 20.2. The highest BCUT2D eigenvalue weighted by atomic mass is 28.3. The van der Waals surface area contributed by atoms with E-state index in [9.17, 15) is 10.8 Å². The average molecular weight is 457 g/mol. The third-order valence-electron chi connectivity index (χ3n) is 6.10. The first-order valence-electron chi connectivity index (χ1n) is 11.4. The first-order valence-corrected chi connectivity index (χ1v) is 18.5. The Bertz CT molecular complexity index is 989. The molecule has 3 aromatic rings. The summed E-state index contributed by atoms with van der Waals surface area (Å²) in [5, 5.41) is 18.5. The molecule has 0 spiro atoms. The second-order valence-corrected chi connectivity index (χ2v) is 21.4. The Kier molecular flexibility index (Phi) is 7.16. The Labute approximate surface area is 195 Å². The first kappa shape index (κ1) is 24.1. The summed E-state index contributed by atoms with van der Waals surface area (Å²) in [6.07, 6.45) is 0. The van der Waals surface area contributed by atoms with Gasteiger partial charge in [0.15, 0.2) is 0 Å². The molecule has 0 aromatic heterocycles. The summed E-state index contributed by atoms with van der Waals surface area (Å²) in [5.74, 6) is 0. The van der Waals surface area contributed by atoms with Crippen LogP contribution in [-0.2, 0) is 0 Å². The van der Waals surface area contributed by atoms with Crippen molar-refractivity contribution < 1.29 is 0 Å². The van der Waals surface area contributed by atoms with Gasteiger partial charge in [-0.25, -0.2) is 0 Å². The molecule has 0 heterocycles. The van der Waals surface area contributed by atoms with Crippen LogP contribution in [0.4, 0.5) is 0 Å². The van der Waals surface area contributed by atoms with Crippen molar-refractivity contribution in [3.63, 3.8) is 0 Å². The summed E-state index contributed by atoms with van der Waals surface area (Å²) in [6, 6.07) is 29.0. The van der Waals surface area contributed by atoms with Crippen LogP contribution >= 0.6 is 0 Å². The maximum atomic E-state index is 9.24. The fraction of sp³-hybridized carbons (Fsp3) is 0.286. The van der Waals surface area contributed by atoms with Crippen LogP contribution in [0.1, 0.15) is 33.3 Å². The molecule has 3 aromatic carbocycles. The van der Waals surface area contributed by atoms with E-state index in [2.05, 4.69) is 87.8 Å². The summed E-state index contributed by atoms with van der Waals surface area (Å²) < 4.78 is 0. The van der Waals surface area contributed by atoms with E-state index in [-0.39, 0.29) is 11.1 Å². The van der Waals surface area contributed by atoms with Crippen LogP contribution in [-0.4, -0.2) is 27.6 Å². The molecule has 0 saturated carbocycles. The molecule has 0 amide bonds. The van der Waals surface area contributed by atoms with Crippen molar-refractivity contribution >= 4 is 27.6 Å². The minimum Gasteiger partial charge on any atom is -0.304 e. The third-order valence-corrected chi connectivity index (χ3v) is 10.8. The van der Waals surface area contributed by atoms with Crippen molar-refractivity contribution in [3.05, 3.63) is 107 Å². The van der Waals surface area contributed by atoms with Gasteiger partial charge in [0.25, 0.3) is 0 Å². The van der Waals surface area contributed by atoms with Gasteiger partial charge in [0.1, 0.15) is 0 Å². The SMILES string of the molecule is C[Si](C)(C)C(C(=N)c1ccccc1)c1ccccc1C(C(=N)c1ccccc1)[Si](C)(C)C. The van der Waals surface area contributed by atoms with Crippen molar-refractivity contribution in [1.29, 1.82) is 10.8 Å². The second-order valence-electron chi connectivity index (χ2n) is 10.8. The maximum Gasteiger partial charge on any atom is 0.0593 e. The molecule has 2 atom stereocenters. The lowest BCUT2D eigenvalue weighted by molar-refractivity contribution is 1.06. The first-order chi connectivity index (χ1) is 15.0. The monoisotopic (exact) mass is 456 g/mol. The second kappa shape index (κ2) is 9.51. The van der Waals surface area contributed by atoms with Crippen LogP contribution in [0.5, 0.6) is 0 Å². The van der Waals surface area contributed by atoms with Gasteiger partial charge in [-0.1, -0.05) is 124 Å². The molecule has 32 heavy (non-hydrogen) atoms. The smallest absolute Gasteiger partial charge is 0.0593 e. The van der Waals surface area contributed by atoms with Crippen LogP contribution in [0.3, 0.4) is 0 Å². The number of benzene rings is 3. The molecular formula is C28H36N2Si2. The van der Waals surface area contributed by atoms with Crippen molar-refractivity contribution in [3.8, 4) is 0 Å². The van der Waals surface area contributed by atoms with E-state index in [1.165, 1.54) is 11.1 Å². The topological polar surface area (TPSA) is 47.7 Å². The largest absolute Gasteiger partial charge is 0.304 e. The van der Waals surface area contributed by atoms with Crippen LogP contribution < -0.4 is 0 Å². The normalized spacial score (nSPS) is 13.9. The Morgan fingerprint density at radius 1 is 0.500 bits per heavy atom. The van der Waals surface area contributed by atoms with Gasteiger partial charge in [-0.15, -0.1) is 0 Å². The highest BCUT2D eigenvalue weighted by Gasteiger charge is 2.39. The summed E-state index contributed by atoms with van der Waals surface area (Å²) in [7, 11) is -3.61. The summed E-state index contributed by atoms with van der Waals surface area (Å²) >= 11 is 0. The minimum atomic E-state index is -1.80. The Morgan fingerprint density at radius 3 is 1.06 bits per heavy atom. The van der Waals surface area contributed by atoms with E-state index in [1.807, 2.05) is 36.4 Å². The van der Waals surface area contributed by atoms with Gasteiger partial charge in [-0.2, -0.15) is 0 Å². The number of hydrogen-bond acceptors (Lipinski definition) is 2. The van der Waals surface area contributed by atoms with Gasteiger partial charge >= 0.3 is 0 Å². The Morgan fingerprint density at radius 2 is 0.781 bits per heavy atom. The number of nitrogens with one attached hydrogen (secondary N) is 2. The van der Waals surface area contributed by atoms with Crippen LogP contribution in [0.25, 0.3) is 0 Å². The summed E-state index contributed by atoms with van der Waals surface area (Å²) in [6.45, 7) is 14.2. The third kappa shape index (κ3) is 5.25. The van der Waals surface area contributed by atoms with E-state index in [1.54, 1.807) is 0 Å². The zero-order chi connectivity index (χ0) is 23.5. The van der Waals surface area contributed by atoms with E-state index in [4.69, 9.17) is 0 Å². The van der Waals surface area contributed by atoms with E-state index >= 15 is 0 Å². The Balaban J connectivity index is 2.20. The molecule has 3 rings (SSSR count). The molecule has 0 aliphatic rings. The van der Waals surface area contributed by atoms with Crippen molar-refractivity contribution in [2.75, 3.05) is 0 Å². The number of hydrogen-bond donors (Lipinski definition) is 2. The Hall–Kier alpha value is -2.57. The quantitative estimate of drug-likeness (QED) is 0.257. The van der Waals surface area contributed by atoms with E-state index in [0.717, 1.165) is 11.1 Å². The van der Waals surface area contributed by atoms with Crippen molar-refractivity contribution in [2.45, 2.75) is 50.4 Å². The highest BCUT2D eigenvalue weighted by molar-refractivity contribution is 6.82. The zero-order valence-corrected chi connectivity index (χ0v) is 22.2. The van der Waals surface area contributed by atoms with Crippen molar-refractivity contribution in [2.24, 2.45) is 0 Å². The van der Waals surface area contributed by atoms with Gasteiger partial charge in [-0.3, -0.25) is 0 Å². The predicted octanol–water partition coefficient (Wildman–Crippen LogP) is 7.74. The molecular weight excluding hydrogens is 420 g/mol. The highest BCUT2D eigenvalue weighted by Crippen LogP contribution is 2.39. The molecule has 0 aliphatic heterocycles. The fourth-order valence-corrected chi connectivity index (χ4v) is 9.17. The van der Waals surface area contributed by atoms with Crippen molar-refractivity contribution in [1.82, 2.24) is 0 Å². The van der Waals surface area contributed by atoms with Gasteiger partial charge in [0.2, 0.25) is 0 Å². The molecule has 4 heteroatoms. The number of rotatable bonds is 8. The lowest BCUT2D eigenvalue weighted by Gasteiger charge is -2.37. The van der Waals surface area contributed by atoms with E-state index in [0.29, 0.717) is 11.4 Å². The van der Waals surface area contributed by atoms with Gasteiger partial charge < -0.3 is 10.8 Å². The molecule has 2 N–H and O–H groups in total. The van der Waals surface area contributed by atoms with Crippen LogP contribution in [0.15, 0.2) is 84.9 Å². The van der Waals surface area contributed by atoms with Gasteiger partial charge in [-0.05, 0) is 22.3 Å². The van der Waals surface area contributed by atoms with Crippen LogP contribution in [0.2, 0.25) is 39.3 Å². The average Bonchev–Trinajstić information content (AvgIpc) is 2.74. The lowest BCUT2D eigenvalue weighted by Crippen LogP contribution is -2.41. The van der Waals surface area contributed by atoms with E-state index < -0.39 is 16.1 Å². The standard InChI is InChI=1S/C28H36N2Si2/c1-31(2,3)27(25(29)21-15-9-7-10-16-21)23-19-13-14-20-24(23)28(32(4,5)6)26(30)22-17-11-8-12-18-22/h7-20,27-30H,1-6H3. The molecule has 2 unspecified atom stereocenters. The molecule has 0 radical (unpaired) electrons. The molecule has 0 fully saturated rings.